The molecular weight excluding hydrogens is 452 g/mol. The number of allylic oxidation sites excluding steroid dienone is 1. The zero-order chi connectivity index (χ0) is 23.7. The van der Waals surface area contributed by atoms with Gasteiger partial charge in [-0.05, 0) is 55.5 Å². The van der Waals surface area contributed by atoms with Gasteiger partial charge in [0.15, 0.2) is 5.82 Å². The number of nitrogens with zero attached hydrogens (tertiary/aromatic N) is 4. The van der Waals surface area contributed by atoms with Gasteiger partial charge in [0, 0.05) is 22.5 Å². The summed E-state index contributed by atoms with van der Waals surface area (Å²) in [7, 11) is 1.56. The first kappa shape index (κ1) is 21.7. The molecule has 0 spiro atoms. The average Bonchev–Trinajstić information content (AvgIpc) is 3.28. The third-order valence-electron chi connectivity index (χ3n) is 5.52. The number of halogens is 1. The molecular formula is C25H21ClN6O2. The van der Waals surface area contributed by atoms with Crippen LogP contribution in [0.5, 0.6) is 5.75 Å². The number of anilines is 2. The van der Waals surface area contributed by atoms with E-state index >= 15 is 0 Å². The number of ether oxygens (including phenoxy) is 1. The topological polar surface area (TPSA) is 94.0 Å². The van der Waals surface area contributed by atoms with Crippen molar-refractivity contribution in [3.05, 3.63) is 94.9 Å². The minimum atomic E-state index is -0.583. The molecule has 4 aromatic rings. The number of benzene rings is 2. The van der Waals surface area contributed by atoms with Gasteiger partial charge in [0.05, 0.1) is 24.1 Å². The number of hydrogen-bond acceptors (Lipinski definition) is 6. The highest BCUT2D eigenvalue weighted by Gasteiger charge is 2.35. The summed E-state index contributed by atoms with van der Waals surface area (Å²) in [5.74, 6) is 1.31. The van der Waals surface area contributed by atoms with Crippen LogP contribution in [0.1, 0.15) is 18.7 Å². The van der Waals surface area contributed by atoms with Gasteiger partial charge < -0.3 is 15.4 Å². The van der Waals surface area contributed by atoms with E-state index in [9.17, 15) is 4.79 Å². The van der Waals surface area contributed by atoms with Crippen LogP contribution in [0, 0.1) is 0 Å². The number of aromatic nitrogens is 4. The third kappa shape index (κ3) is 3.99. The fourth-order valence-corrected chi connectivity index (χ4v) is 4.04. The Balaban J connectivity index is 1.58. The molecule has 0 radical (unpaired) electrons. The minimum absolute atomic E-state index is 0.292. The van der Waals surface area contributed by atoms with Crippen molar-refractivity contribution in [1.29, 1.82) is 0 Å². The maximum atomic E-state index is 13.6. The summed E-state index contributed by atoms with van der Waals surface area (Å²) in [6, 6.07) is 19.5. The molecule has 1 aliphatic rings. The van der Waals surface area contributed by atoms with Crippen molar-refractivity contribution in [3.63, 3.8) is 0 Å². The molecule has 1 aliphatic heterocycles. The van der Waals surface area contributed by atoms with Gasteiger partial charge in [0.25, 0.3) is 5.91 Å². The van der Waals surface area contributed by atoms with Crippen molar-refractivity contribution in [3.8, 4) is 17.1 Å². The fraction of sp³-hybridized carbons (Fsp3) is 0.120. The van der Waals surface area contributed by atoms with Gasteiger partial charge in [-0.15, -0.1) is 5.10 Å². The highest BCUT2D eigenvalue weighted by Crippen LogP contribution is 2.36. The van der Waals surface area contributed by atoms with E-state index < -0.39 is 6.04 Å². The van der Waals surface area contributed by atoms with Crippen molar-refractivity contribution in [2.45, 2.75) is 13.0 Å². The summed E-state index contributed by atoms with van der Waals surface area (Å²) in [5, 5.41) is 11.6. The highest BCUT2D eigenvalue weighted by atomic mass is 35.5. The van der Waals surface area contributed by atoms with Gasteiger partial charge in [-0.1, -0.05) is 29.8 Å². The van der Waals surface area contributed by atoms with Gasteiger partial charge in [-0.3, -0.25) is 9.78 Å². The molecule has 0 fully saturated rings. The quantitative estimate of drug-likeness (QED) is 0.427. The van der Waals surface area contributed by atoms with Crippen molar-refractivity contribution >= 4 is 29.1 Å². The average molecular weight is 473 g/mol. The van der Waals surface area contributed by atoms with Gasteiger partial charge in [0.2, 0.25) is 5.95 Å². The summed E-state index contributed by atoms with van der Waals surface area (Å²) in [5.41, 5.74) is 3.18. The van der Waals surface area contributed by atoms with Gasteiger partial charge in [-0.2, -0.15) is 4.98 Å². The number of rotatable bonds is 5. The van der Waals surface area contributed by atoms with Crippen LogP contribution in [0.25, 0.3) is 11.4 Å². The van der Waals surface area contributed by atoms with E-state index in [0.717, 1.165) is 5.56 Å². The van der Waals surface area contributed by atoms with Crippen molar-refractivity contribution in [2.24, 2.45) is 0 Å². The third-order valence-corrected chi connectivity index (χ3v) is 5.77. The molecule has 34 heavy (non-hydrogen) atoms. The molecule has 0 saturated heterocycles. The van der Waals surface area contributed by atoms with Crippen LogP contribution < -0.4 is 15.4 Å². The van der Waals surface area contributed by atoms with Crippen LogP contribution in [0.15, 0.2) is 84.2 Å². The van der Waals surface area contributed by atoms with Gasteiger partial charge >= 0.3 is 0 Å². The van der Waals surface area contributed by atoms with Gasteiger partial charge in [-0.25, -0.2) is 4.68 Å². The SMILES string of the molecule is COc1ccccc1NC(=O)C1=C(C)Nc2nc(-c3ccc(Cl)cc3)nn2C1c1ccccn1. The molecule has 3 heterocycles. The van der Waals surface area contributed by atoms with E-state index in [1.165, 1.54) is 0 Å². The van der Waals surface area contributed by atoms with E-state index in [0.29, 0.717) is 45.2 Å². The molecule has 8 nitrogen and oxygen atoms in total. The molecule has 2 N–H and O–H groups in total. The fourth-order valence-electron chi connectivity index (χ4n) is 3.92. The monoisotopic (exact) mass is 472 g/mol. The lowest BCUT2D eigenvalue weighted by molar-refractivity contribution is -0.113. The predicted octanol–water partition coefficient (Wildman–Crippen LogP) is 4.93. The molecule has 1 amide bonds. The number of carbonyl (C=O) groups is 1. The van der Waals surface area contributed by atoms with Crippen LogP contribution >= 0.6 is 11.6 Å². The van der Waals surface area contributed by atoms with Crippen molar-refractivity contribution in [2.75, 3.05) is 17.7 Å². The number of carbonyl (C=O) groups excluding carboxylic acids is 1. The Hall–Kier alpha value is -4.17. The Morgan fingerprint density at radius 3 is 2.59 bits per heavy atom. The number of methoxy groups -OCH3 is 1. The Labute approximate surface area is 201 Å². The normalized spacial score (nSPS) is 14.9. The number of fused-ring (bicyclic) bond motifs is 1. The lowest BCUT2D eigenvalue weighted by Crippen LogP contribution is -2.32. The summed E-state index contributed by atoms with van der Waals surface area (Å²) < 4.78 is 7.08. The number of nitrogens with one attached hydrogen (secondary N) is 2. The maximum Gasteiger partial charge on any atom is 0.256 e. The van der Waals surface area contributed by atoms with E-state index in [-0.39, 0.29) is 5.91 Å². The number of pyridine rings is 1. The van der Waals surface area contributed by atoms with E-state index in [1.54, 1.807) is 42.3 Å². The molecule has 0 saturated carbocycles. The lowest BCUT2D eigenvalue weighted by Gasteiger charge is -2.28. The highest BCUT2D eigenvalue weighted by molar-refractivity contribution is 6.30. The Bertz CT molecular complexity index is 1380. The number of hydrogen-bond donors (Lipinski definition) is 2. The standard InChI is InChI=1S/C25H21ClN6O2/c1-15-21(24(33)29-18-7-3-4-9-20(18)34-2)22(19-8-5-6-14-27-19)32-25(28-15)30-23(31-32)16-10-12-17(26)13-11-16/h3-14,22H,1-2H3,(H,29,33)(H,28,30,31). The Kier molecular flexibility index (Phi) is 5.73. The first-order chi connectivity index (χ1) is 16.5. The summed E-state index contributed by atoms with van der Waals surface area (Å²) >= 11 is 6.04. The zero-order valence-corrected chi connectivity index (χ0v) is 19.2. The van der Waals surface area contributed by atoms with E-state index in [1.807, 2.05) is 49.4 Å². The van der Waals surface area contributed by atoms with Crippen LogP contribution in [0.2, 0.25) is 5.02 Å². The first-order valence-corrected chi connectivity index (χ1v) is 11.0. The lowest BCUT2D eigenvalue weighted by atomic mass is 9.98. The largest absolute Gasteiger partial charge is 0.495 e. The smallest absolute Gasteiger partial charge is 0.256 e. The summed E-state index contributed by atoms with van der Waals surface area (Å²) in [6.07, 6.45) is 1.69. The number of amides is 1. The Morgan fingerprint density at radius 1 is 1.09 bits per heavy atom. The summed E-state index contributed by atoms with van der Waals surface area (Å²) in [6.45, 7) is 1.84. The molecule has 5 rings (SSSR count). The Morgan fingerprint density at radius 2 is 1.85 bits per heavy atom. The second kappa shape index (κ2) is 8.99. The second-order valence-electron chi connectivity index (χ2n) is 7.69. The molecule has 1 unspecified atom stereocenters. The second-order valence-corrected chi connectivity index (χ2v) is 8.12. The maximum absolute atomic E-state index is 13.6. The van der Waals surface area contributed by atoms with E-state index in [4.69, 9.17) is 21.4 Å². The number of para-hydroxylation sites is 2. The molecule has 9 heteroatoms. The first-order valence-electron chi connectivity index (χ1n) is 10.6. The molecule has 2 aromatic carbocycles. The van der Waals surface area contributed by atoms with Crippen molar-refractivity contribution in [1.82, 2.24) is 19.7 Å². The van der Waals surface area contributed by atoms with Crippen molar-refractivity contribution < 1.29 is 9.53 Å². The molecule has 170 valence electrons. The zero-order valence-electron chi connectivity index (χ0n) is 18.5. The van der Waals surface area contributed by atoms with Crippen LogP contribution in [0.4, 0.5) is 11.6 Å². The molecule has 0 aliphatic carbocycles. The predicted molar refractivity (Wildman–Crippen MR) is 131 cm³/mol. The van der Waals surface area contributed by atoms with Gasteiger partial charge in [0.1, 0.15) is 11.8 Å². The molecule has 0 bridgehead atoms. The molecule has 2 aromatic heterocycles. The van der Waals surface area contributed by atoms with Crippen LogP contribution in [-0.2, 0) is 4.79 Å². The summed E-state index contributed by atoms with van der Waals surface area (Å²) in [4.78, 5) is 22.8. The van der Waals surface area contributed by atoms with Crippen LogP contribution in [-0.4, -0.2) is 32.8 Å². The van der Waals surface area contributed by atoms with E-state index in [2.05, 4.69) is 20.6 Å². The van der Waals surface area contributed by atoms with Crippen LogP contribution in [0.3, 0.4) is 0 Å². The minimum Gasteiger partial charge on any atom is -0.495 e. The molecule has 1 atom stereocenters.